The maximum atomic E-state index is 4.49. The summed E-state index contributed by atoms with van der Waals surface area (Å²) in [6.45, 7) is 4.52. The molecule has 1 fully saturated rings. The van der Waals surface area contributed by atoms with E-state index in [1.54, 1.807) is 0 Å². The zero-order valence-electron chi connectivity index (χ0n) is 13.0. The van der Waals surface area contributed by atoms with Gasteiger partial charge in [-0.2, -0.15) is 5.10 Å². The summed E-state index contributed by atoms with van der Waals surface area (Å²) in [5, 5.41) is 8.26. The highest BCUT2D eigenvalue weighted by Crippen LogP contribution is 2.34. The highest BCUT2D eigenvalue weighted by molar-refractivity contribution is 5.31. The van der Waals surface area contributed by atoms with Gasteiger partial charge in [0, 0.05) is 23.8 Å². The lowest BCUT2D eigenvalue weighted by Crippen LogP contribution is -2.31. The highest BCUT2D eigenvalue weighted by Gasteiger charge is 2.25. The summed E-state index contributed by atoms with van der Waals surface area (Å²) in [7, 11) is 0. The molecule has 0 spiro atoms. The SMILES string of the molecule is CCC(CC1CC1)NC(C)c1cnn(-c2ccccc2)c1. The van der Waals surface area contributed by atoms with Crippen LogP contribution in [-0.2, 0) is 0 Å². The van der Waals surface area contributed by atoms with Crippen LogP contribution in [0, 0.1) is 5.92 Å². The van der Waals surface area contributed by atoms with Crippen molar-refractivity contribution in [2.45, 2.75) is 51.6 Å². The van der Waals surface area contributed by atoms with Gasteiger partial charge in [0.2, 0.25) is 0 Å². The minimum atomic E-state index is 0.353. The first-order valence-corrected chi connectivity index (χ1v) is 8.12. The van der Waals surface area contributed by atoms with Gasteiger partial charge in [0.1, 0.15) is 0 Å². The molecule has 112 valence electrons. The summed E-state index contributed by atoms with van der Waals surface area (Å²) < 4.78 is 1.95. The van der Waals surface area contributed by atoms with Crippen LogP contribution < -0.4 is 5.32 Å². The Kier molecular flexibility index (Phi) is 4.39. The molecular formula is C18H25N3. The average Bonchev–Trinajstić information content (AvgIpc) is 3.19. The van der Waals surface area contributed by atoms with Gasteiger partial charge in [-0.1, -0.05) is 38.0 Å². The number of rotatable bonds is 7. The zero-order valence-corrected chi connectivity index (χ0v) is 13.0. The van der Waals surface area contributed by atoms with Crippen molar-refractivity contribution in [3.63, 3.8) is 0 Å². The third kappa shape index (κ3) is 3.73. The number of nitrogens with zero attached hydrogens (tertiary/aromatic N) is 2. The Bertz CT molecular complexity index is 557. The monoisotopic (exact) mass is 283 g/mol. The highest BCUT2D eigenvalue weighted by atomic mass is 15.3. The quantitative estimate of drug-likeness (QED) is 0.829. The Hall–Kier alpha value is -1.61. The van der Waals surface area contributed by atoms with Crippen molar-refractivity contribution in [3.8, 4) is 5.69 Å². The summed E-state index contributed by atoms with van der Waals surface area (Å²) in [5.74, 6) is 0.974. The number of hydrogen-bond donors (Lipinski definition) is 1. The van der Waals surface area contributed by atoms with Gasteiger partial charge in [0.25, 0.3) is 0 Å². The molecule has 1 saturated carbocycles. The Morgan fingerprint density at radius 3 is 2.71 bits per heavy atom. The fourth-order valence-corrected chi connectivity index (χ4v) is 2.84. The number of aromatic nitrogens is 2. The van der Waals surface area contributed by atoms with Crippen molar-refractivity contribution in [2.75, 3.05) is 0 Å². The first-order chi connectivity index (χ1) is 10.3. The van der Waals surface area contributed by atoms with Crippen LogP contribution in [0.3, 0.4) is 0 Å². The van der Waals surface area contributed by atoms with Gasteiger partial charge < -0.3 is 5.32 Å². The summed E-state index contributed by atoms with van der Waals surface area (Å²) in [6.07, 6.45) is 9.50. The lowest BCUT2D eigenvalue weighted by Gasteiger charge is -2.21. The van der Waals surface area contributed by atoms with Crippen LogP contribution in [0.15, 0.2) is 42.7 Å². The molecule has 1 aromatic carbocycles. The van der Waals surface area contributed by atoms with Crippen molar-refractivity contribution in [3.05, 3.63) is 48.3 Å². The molecule has 0 aliphatic heterocycles. The van der Waals surface area contributed by atoms with E-state index in [4.69, 9.17) is 0 Å². The minimum Gasteiger partial charge on any atom is -0.307 e. The van der Waals surface area contributed by atoms with E-state index < -0.39 is 0 Å². The van der Waals surface area contributed by atoms with Gasteiger partial charge >= 0.3 is 0 Å². The molecule has 0 amide bonds. The van der Waals surface area contributed by atoms with E-state index in [0.29, 0.717) is 12.1 Å². The van der Waals surface area contributed by atoms with Crippen LogP contribution in [0.5, 0.6) is 0 Å². The lowest BCUT2D eigenvalue weighted by atomic mass is 10.1. The molecule has 1 aromatic heterocycles. The molecule has 2 atom stereocenters. The first kappa shape index (κ1) is 14.3. The largest absolute Gasteiger partial charge is 0.307 e. The van der Waals surface area contributed by atoms with Crippen LogP contribution in [0.1, 0.15) is 51.1 Å². The van der Waals surface area contributed by atoms with Gasteiger partial charge in [-0.3, -0.25) is 0 Å². The van der Waals surface area contributed by atoms with Gasteiger partial charge in [-0.05, 0) is 37.8 Å². The number of benzene rings is 1. The summed E-state index contributed by atoms with van der Waals surface area (Å²) in [4.78, 5) is 0. The van der Waals surface area contributed by atoms with Crippen LogP contribution in [0.25, 0.3) is 5.69 Å². The Balaban J connectivity index is 1.64. The summed E-state index contributed by atoms with van der Waals surface area (Å²) in [5.41, 5.74) is 2.37. The van der Waals surface area contributed by atoms with Crippen LogP contribution in [-0.4, -0.2) is 15.8 Å². The fraction of sp³-hybridized carbons (Fsp3) is 0.500. The minimum absolute atomic E-state index is 0.353. The molecule has 1 N–H and O–H groups in total. The molecule has 1 aliphatic carbocycles. The van der Waals surface area contributed by atoms with E-state index in [-0.39, 0.29) is 0 Å². The molecule has 0 saturated heterocycles. The normalized spacial score (nSPS) is 17.6. The standard InChI is InChI=1S/C18H25N3/c1-3-17(11-15-9-10-15)20-14(2)16-12-19-21(13-16)18-7-5-4-6-8-18/h4-8,12-15,17,20H,3,9-11H2,1-2H3. The second kappa shape index (κ2) is 6.44. The molecule has 1 aliphatic rings. The van der Waals surface area contributed by atoms with Crippen LogP contribution >= 0.6 is 0 Å². The van der Waals surface area contributed by atoms with Crippen molar-refractivity contribution < 1.29 is 0 Å². The predicted octanol–water partition coefficient (Wildman–Crippen LogP) is 4.10. The Morgan fingerprint density at radius 1 is 1.29 bits per heavy atom. The topological polar surface area (TPSA) is 29.9 Å². The van der Waals surface area contributed by atoms with Crippen molar-refractivity contribution >= 4 is 0 Å². The van der Waals surface area contributed by atoms with Gasteiger partial charge in [0.05, 0.1) is 11.9 Å². The summed E-state index contributed by atoms with van der Waals surface area (Å²) >= 11 is 0. The number of nitrogens with one attached hydrogen (secondary N) is 1. The van der Waals surface area contributed by atoms with E-state index >= 15 is 0 Å². The molecule has 1 heterocycles. The fourth-order valence-electron chi connectivity index (χ4n) is 2.84. The first-order valence-electron chi connectivity index (χ1n) is 8.12. The zero-order chi connectivity index (χ0) is 14.7. The predicted molar refractivity (Wildman–Crippen MR) is 86.5 cm³/mol. The summed E-state index contributed by atoms with van der Waals surface area (Å²) in [6, 6.07) is 11.3. The van der Waals surface area contributed by atoms with Gasteiger partial charge in [0.15, 0.2) is 0 Å². The second-order valence-corrected chi connectivity index (χ2v) is 6.23. The molecule has 0 bridgehead atoms. The molecule has 2 unspecified atom stereocenters. The molecule has 2 aromatic rings. The molecule has 3 nitrogen and oxygen atoms in total. The van der Waals surface area contributed by atoms with Crippen LogP contribution in [0.4, 0.5) is 0 Å². The molecular weight excluding hydrogens is 258 g/mol. The third-order valence-corrected chi connectivity index (χ3v) is 4.42. The molecule has 21 heavy (non-hydrogen) atoms. The van der Waals surface area contributed by atoms with E-state index in [0.717, 1.165) is 11.6 Å². The Labute approximate surface area is 127 Å². The average molecular weight is 283 g/mol. The van der Waals surface area contributed by atoms with Crippen molar-refractivity contribution in [1.82, 2.24) is 15.1 Å². The van der Waals surface area contributed by atoms with Crippen molar-refractivity contribution in [1.29, 1.82) is 0 Å². The van der Waals surface area contributed by atoms with Gasteiger partial charge in [-0.15, -0.1) is 0 Å². The van der Waals surface area contributed by atoms with E-state index in [1.165, 1.54) is 31.2 Å². The smallest absolute Gasteiger partial charge is 0.0645 e. The van der Waals surface area contributed by atoms with Gasteiger partial charge in [-0.25, -0.2) is 4.68 Å². The maximum Gasteiger partial charge on any atom is 0.0645 e. The van der Waals surface area contributed by atoms with E-state index in [9.17, 15) is 0 Å². The molecule has 0 radical (unpaired) electrons. The second-order valence-electron chi connectivity index (χ2n) is 6.23. The number of para-hydroxylation sites is 1. The van der Waals surface area contributed by atoms with E-state index in [2.05, 4.69) is 42.6 Å². The Morgan fingerprint density at radius 2 is 2.05 bits per heavy atom. The third-order valence-electron chi connectivity index (χ3n) is 4.42. The maximum absolute atomic E-state index is 4.49. The lowest BCUT2D eigenvalue weighted by molar-refractivity contribution is 0.404. The van der Waals surface area contributed by atoms with Crippen molar-refractivity contribution in [2.24, 2.45) is 5.92 Å². The molecule has 3 rings (SSSR count). The molecule has 3 heteroatoms. The van der Waals surface area contributed by atoms with E-state index in [1.807, 2.05) is 29.1 Å². The van der Waals surface area contributed by atoms with Crippen LogP contribution in [0.2, 0.25) is 0 Å². The number of hydrogen-bond acceptors (Lipinski definition) is 2.